The highest BCUT2D eigenvalue weighted by molar-refractivity contribution is 5.30. The van der Waals surface area contributed by atoms with Crippen molar-refractivity contribution >= 4 is 0 Å². The molecule has 2 heteroatoms. The van der Waals surface area contributed by atoms with E-state index in [1.165, 1.54) is 19.3 Å². The van der Waals surface area contributed by atoms with Crippen LogP contribution in [-0.2, 0) is 0 Å². The number of rotatable bonds is 6. The van der Waals surface area contributed by atoms with Crippen LogP contribution in [0.4, 0.5) is 0 Å². The Morgan fingerprint density at radius 2 is 1.32 bits per heavy atom. The quantitative estimate of drug-likeness (QED) is 0.615. The van der Waals surface area contributed by atoms with Crippen LogP contribution in [0.15, 0.2) is 24.3 Å². The topological polar surface area (TPSA) is 18.5 Å². The summed E-state index contributed by atoms with van der Waals surface area (Å²) in [6, 6.07) is 7.69. The van der Waals surface area contributed by atoms with Crippen LogP contribution in [0.2, 0.25) is 0 Å². The fourth-order valence-electron chi connectivity index (χ4n) is 1.21. The number of unbranched alkanes of at least 4 members (excludes halogenated alkanes) is 2. The summed E-state index contributed by atoms with van der Waals surface area (Å²) in [4.78, 5) is 0. The molecule has 0 fully saturated rings. The lowest BCUT2D eigenvalue weighted by molar-refractivity contribution is 0.305. The molecule has 0 atom stereocenters. The van der Waals surface area contributed by atoms with E-state index in [0.29, 0.717) is 0 Å². The van der Waals surface area contributed by atoms with Crippen molar-refractivity contribution in [1.82, 2.24) is 0 Å². The van der Waals surface area contributed by atoms with Gasteiger partial charge >= 0.3 is 0 Å². The predicted molar refractivity (Wildman–Crippen MR) is 85.3 cm³/mol. The lowest BCUT2D eigenvalue weighted by atomic mass is 10.3. The van der Waals surface area contributed by atoms with Crippen LogP contribution in [0.3, 0.4) is 0 Å². The lowest BCUT2D eigenvalue weighted by Crippen LogP contribution is -1.96. The van der Waals surface area contributed by atoms with E-state index in [-0.39, 0.29) is 0 Å². The zero-order valence-corrected chi connectivity index (χ0v) is 13.7. The van der Waals surface area contributed by atoms with Crippen LogP contribution >= 0.6 is 0 Å². The molecule has 0 bridgehead atoms. The first-order chi connectivity index (χ1) is 9.28. The van der Waals surface area contributed by atoms with Gasteiger partial charge in [-0.25, -0.2) is 0 Å². The Labute approximate surface area is 120 Å². The van der Waals surface area contributed by atoms with Gasteiger partial charge in [0.05, 0.1) is 13.7 Å². The Hall–Kier alpha value is -1.18. The molecule has 0 radical (unpaired) electrons. The third-order valence-corrected chi connectivity index (χ3v) is 2.08. The van der Waals surface area contributed by atoms with Gasteiger partial charge in [0.25, 0.3) is 0 Å². The van der Waals surface area contributed by atoms with Crippen molar-refractivity contribution in [3.63, 3.8) is 0 Å². The van der Waals surface area contributed by atoms with Gasteiger partial charge < -0.3 is 9.47 Å². The molecule has 2 nitrogen and oxygen atoms in total. The fraction of sp³-hybridized carbons (Fsp3) is 0.647. The number of ether oxygens (including phenoxy) is 2. The van der Waals surface area contributed by atoms with Gasteiger partial charge in [0, 0.05) is 0 Å². The average molecular weight is 268 g/mol. The van der Waals surface area contributed by atoms with E-state index >= 15 is 0 Å². The van der Waals surface area contributed by atoms with Crippen molar-refractivity contribution < 1.29 is 9.47 Å². The molecule has 0 aliphatic carbocycles. The Bertz CT molecular complexity index is 254. The first-order valence-electron chi connectivity index (χ1n) is 7.55. The zero-order chi connectivity index (χ0) is 14.9. The summed E-state index contributed by atoms with van der Waals surface area (Å²) < 4.78 is 10.6. The van der Waals surface area contributed by atoms with Crippen molar-refractivity contribution in [3.05, 3.63) is 24.3 Å². The molecule has 0 aromatic heterocycles. The standard InChI is InChI=1S/C12H18O2.C3H8.C2H6/c1-3-4-5-10-14-12-8-6-11(13-2)7-9-12;1-3-2;1-2/h6-9H,3-5,10H2,1-2H3;3H2,1-2H3;1-2H3. The molecule has 1 rings (SSSR count). The molecular weight excluding hydrogens is 236 g/mol. The van der Waals surface area contributed by atoms with Crippen molar-refractivity contribution in [2.24, 2.45) is 0 Å². The molecule has 0 aliphatic heterocycles. The van der Waals surface area contributed by atoms with Crippen LogP contribution < -0.4 is 9.47 Å². The average Bonchev–Trinajstić information content (AvgIpc) is 2.47. The molecule has 19 heavy (non-hydrogen) atoms. The second kappa shape index (κ2) is 16.8. The maximum absolute atomic E-state index is 5.55. The molecule has 1 aromatic rings. The molecule has 0 saturated carbocycles. The summed E-state index contributed by atoms with van der Waals surface area (Å²) in [7, 11) is 1.66. The number of hydrogen-bond acceptors (Lipinski definition) is 2. The largest absolute Gasteiger partial charge is 0.497 e. The highest BCUT2D eigenvalue weighted by Crippen LogP contribution is 2.17. The molecule has 0 unspecified atom stereocenters. The number of hydrogen-bond donors (Lipinski definition) is 0. The molecule has 0 N–H and O–H groups in total. The highest BCUT2D eigenvalue weighted by atomic mass is 16.5. The molecule has 0 aliphatic rings. The van der Waals surface area contributed by atoms with Gasteiger partial charge in [0.15, 0.2) is 0 Å². The van der Waals surface area contributed by atoms with Crippen molar-refractivity contribution in [2.45, 2.75) is 60.3 Å². The second-order valence-electron chi connectivity index (χ2n) is 3.94. The smallest absolute Gasteiger partial charge is 0.119 e. The van der Waals surface area contributed by atoms with Crippen LogP contribution in [-0.4, -0.2) is 13.7 Å². The van der Waals surface area contributed by atoms with Gasteiger partial charge in [-0.2, -0.15) is 0 Å². The van der Waals surface area contributed by atoms with E-state index in [2.05, 4.69) is 20.8 Å². The van der Waals surface area contributed by atoms with Crippen LogP contribution in [0.5, 0.6) is 11.5 Å². The van der Waals surface area contributed by atoms with E-state index in [0.717, 1.165) is 24.5 Å². The highest BCUT2D eigenvalue weighted by Gasteiger charge is 1.94. The maximum Gasteiger partial charge on any atom is 0.119 e. The van der Waals surface area contributed by atoms with Crippen LogP contribution in [0.1, 0.15) is 60.3 Å². The van der Waals surface area contributed by atoms with Crippen LogP contribution in [0.25, 0.3) is 0 Å². The minimum Gasteiger partial charge on any atom is -0.497 e. The van der Waals surface area contributed by atoms with Crippen LogP contribution in [0, 0.1) is 0 Å². The van der Waals surface area contributed by atoms with Crippen molar-refractivity contribution in [1.29, 1.82) is 0 Å². The maximum atomic E-state index is 5.55. The Kier molecular flexibility index (Phi) is 17.8. The lowest BCUT2D eigenvalue weighted by Gasteiger charge is -2.06. The minimum atomic E-state index is 0.806. The van der Waals surface area contributed by atoms with Gasteiger partial charge in [-0.15, -0.1) is 0 Å². The normalized spacial score (nSPS) is 8.53. The SMILES string of the molecule is CC.CCC.CCCCCOc1ccc(OC)cc1. The van der Waals surface area contributed by atoms with Crippen molar-refractivity contribution in [3.8, 4) is 11.5 Å². The molecule has 0 heterocycles. The molecule has 0 spiro atoms. The predicted octanol–water partition coefficient (Wildman–Crippen LogP) is 5.71. The Balaban J connectivity index is 0. The van der Waals surface area contributed by atoms with E-state index in [1.54, 1.807) is 7.11 Å². The zero-order valence-electron chi connectivity index (χ0n) is 13.7. The minimum absolute atomic E-state index is 0.806. The summed E-state index contributed by atoms with van der Waals surface area (Å²) >= 11 is 0. The first-order valence-corrected chi connectivity index (χ1v) is 7.55. The molecule has 0 amide bonds. The Morgan fingerprint density at radius 1 is 0.842 bits per heavy atom. The summed E-state index contributed by atoms with van der Waals surface area (Å²) in [6.07, 6.45) is 4.84. The summed E-state index contributed by atoms with van der Waals surface area (Å²) in [5.41, 5.74) is 0. The monoisotopic (exact) mass is 268 g/mol. The fourth-order valence-corrected chi connectivity index (χ4v) is 1.21. The van der Waals surface area contributed by atoms with E-state index in [1.807, 2.05) is 38.1 Å². The van der Waals surface area contributed by atoms with Gasteiger partial charge in [-0.1, -0.05) is 53.9 Å². The summed E-state index contributed by atoms with van der Waals surface area (Å²) in [5, 5.41) is 0. The van der Waals surface area contributed by atoms with E-state index < -0.39 is 0 Å². The van der Waals surface area contributed by atoms with Gasteiger partial charge in [0.1, 0.15) is 11.5 Å². The second-order valence-corrected chi connectivity index (χ2v) is 3.94. The summed E-state index contributed by atoms with van der Waals surface area (Å²) in [5.74, 6) is 1.79. The van der Waals surface area contributed by atoms with Gasteiger partial charge in [-0.3, -0.25) is 0 Å². The third-order valence-electron chi connectivity index (χ3n) is 2.08. The molecule has 1 aromatic carbocycles. The summed E-state index contributed by atoms with van der Waals surface area (Å²) in [6.45, 7) is 11.2. The first kappa shape index (κ1) is 20.1. The van der Waals surface area contributed by atoms with Gasteiger partial charge in [-0.05, 0) is 30.7 Å². The third kappa shape index (κ3) is 13.1. The van der Waals surface area contributed by atoms with Gasteiger partial charge in [0.2, 0.25) is 0 Å². The molecule has 0 saturated heterocycles. The molecular formula is C17H32O2. The number of benzene rings is 1. The molecule has 112 valence electrons. The Morgan fingerprint density at radius 3 is 1.74 bits per heavy atom. The van der Waals surface area contributed by atoms with Crippen molar-refractivity contribution in [2.75, 3.05) is 13.7 Å². The van der Waals surface area contributed by atoms with E-state index in [4.69, 9.17) is 9.47 Å². The van der Waals surface area contributed by atoms with E-state index in [9.17, 15) is 0 Å². The number of methoxy groups -OCH3 is 1.